The zero-order valence-electron chi connectivity index (χ0n) is 17.7. The molecular formula is C22H25N9. The molecule has 9 heteroatoms. The molecule has 2 bridgehead atoms. The van der Waals surface area contributed by atoms with E-state index in [2.05, 4.69) is 54.8 Å². The number of nitrogens with two attached hydrogens (primary N) is 1. The lowest BCUT2D eigenvalue weighted by Crippen LogP contribution is -2.47. The maximum atomic E-state index is 6.23. The zero-order valence-corrected chi connectivity index (χ0v) is 17.7. The smallest absolute Gasteiger partial charge is 0.151 e. The van der Waals surface area contributed by atoms with Crippen molar-refractivity contribution in [1.82, 2.24) is 35.0 Å². The van der Waals surface area contributed by atoms with E-state index in [-0.39, 0.29) is 0 Å². The standard InChI is InChI=1S/C22H25N9/c1-29-12-20(26-28-29)16-5-6-17(22-18(16)11-24-30(22)2)19-7-8-21(27-25-19)31-14-3-4-15(31)10-13(23)9-14/h5-8,11-15H,3-4,9-10,23H2,1-2H3. The minimum Gasteiger partial charge on any atom is -0.349 e. The molecule has 0 saturated carbocycles. The third-order valence-corrected chi connectivity index (χ3v) is 6.74. The molecule has 0 spiro atoms. The fraction of sp³-hybridized carbons (Fsp3) is 0.409. The van der Waals surface area contributed by atoms with Crippen molar-refractivity contribution in [2.75, 3.05) is 4.90 Å². The van der Waals surface area contributed by atoms with Gasteiger partial charge in [0.05, 0.1) is 23.6 Å². The molecule has 5 heterocycles. The number of piperidine rings is 1. The molecule has 4 aromatic rings. The normalized spacial score (nSPS) is 23.1. The lowest BCUT2D eigenvalue weighted by Gasteiger charge is -2.38. The molecule has 2 fully saturated rings. The molecule has 2 N–H and O–H groups in total. The van der Waals surface area contributed by atoms with Gasteiger partial charge < -0.3 is 10.6 Å². The topological polar surface area (TPSA) is 104 Å². The number of fused-ring (bicyclic) bond motifs is 3. The van der Waals surface area contributed by atoms with Crippen LogP contribution in [0.4, 0.5) is 5.82 Å². The van der Waals surface area contributed by atoms with Gasteiger partial charge in [0, 0.05) is 48.7 Å². The SMILES string of the molecule is Cn1cc(-c2ccc(-c3ccc(N4C5CCC4CC(N)C5)nn3)c3c2cnn3C)nn1. The highest BCUT2D eigenvalue weighted by Crippen LogP contribution is 2.39. The summed E-state index contributed by atoms with van der Waals surface area (Å²) in [6, 6.07) is 9.59. The number of rotatable bonds is 3. The van der Waals surface area contributed by atoms with E-state index in [0.717, 1.165) is 52.1 Å². The van der Waals surface area contributed by atoms with Gasteiger partial charge in [0.2, 0.25) is 0 Å². The number of anilines is 1. The zero-order chi connectivity index (χ0) is 21.1. The average Bonchev–Trinajstić information content (AvgIpc) is 3.44. The molecule has 6 rings (SSSR count). The van der Waals surface area contributed by atoms with Crippen LogP contribution in [0.1, 0.15) is 25.7 Å². The minimum absolute atomic E-state index is 0.312. The fourth-order valence-electron chi connectivity index (χ4n) is 5.39. The van der Waals surface area contributed by atoms with Crippen molar-refractivity contribution < 1.29 is 0 Å². The highest BCUT2D eigenvalue weighted by molar-refractivity contribution is 6.01. The van der Waals surface area contributed by atoms with Crippen LogP contribution in [0.2, 0.25) is 0 Å². The second-order valence-electron chi connectivity index (χ2n) is 8.77. The van der Waals surface area contributed by atoms with Gasteiger partial charge >= 0.3 is 0 Å². The number of hydrogen-bond donors (Lipinski definition) is 1. The highest BCUT2D eigenvalue weighted by atomic mass is 15.4. The van der Waals surface area contributed by atoms with Gasteiger partial charge in [0.1, 0.15) is 5.69 Å². The summed E-state index contributed by atoms with van der Waals surface area (Å²) in [5.74, 6) is 0.959. The van der Waals surface area contributed by atoms with Crippen molar-refractivity contribution in [3.05, 3.63) is 36.7 Å². The molecule has 31 heavy (non-hydrogen) atoms. The Morgan fingerprint density at radius 1 is 0.903 bits per heavy atom. The molecule has 0 amide bonds. The number of benzene rings is 1. The van der Waals surface area contributed by atoms with E-state index in [1.807, 2.05) is 31.2 Å². The molecule has 158 valence electrons. The Balaban J connectivity index is 1.39. The lowest BCUT2D eigenvalue weighted by molar-refractivity contribution is 0.411. The van der Waals surface area contributed by atoms with Crippen molar-refractivity contribution in [2.45, 2.75) is 43.8 Å². The predicted molar refractivity (Wildman–Crippen MR) is 118 cm³/mol. The van der Waals surface area contributed by atoms with E-state index in [1.54, 1.807) is 4.68 Å². The Labute approximate surface area is 179 Å². The van der Waals surface area contributed by atoms with Crippen LogP contribution >= 0.6 is 0 Å². The highest BCUT2D eigenvalue weighted by Gasteiger charge is 2.40. The maximum Gasteiger partial charge on any atom is 0.151 e. The van der Waals surface area contributed by atoms with Crippen LogP contribution in [-0.4, -0.2) is 53.1 Å². The van der Waals surface area contributed by atoms with Crippen molar-refractivity contribution in [1.29, 1.82) is 0 Å². The number of aryl methyl sites for hydroxylation is 2. The molecule has 1 aromatic carbocycles. The van der Waals surface area contributed by atoms with Crippen LogP contribution in [0, 0.1) is 0 Å². The van der Waals surface area contributed by atoms with Gasteiger partial charge in [0.15, 0.2) is 5.82 Å². The molecule has 0 radical (unpaired) electrons. The van der Waals surface area contributed by atoms with Crippen LogP contribution in [0.25, 0.3) is 33.4 Å². The first-order valence-electron chi connectivity index (χ1n) is 10.8. The second-order valence-corrected chi connectivity index (χ2v) is 8.77. The van der Waals surface area contributed by atoms with E-state index in [0.29, 0.717) is 18.1 Å². The fourth-order valence-corrected chi connectivity index (χ4v) is 5.39. The monoisotopic (exact) mass is 415 g/mol. The van der Waals surface area contributed by atoms with E-state index in [4.69, 9.17) is 5.73 Å². The Hall–Kier alpha value is -3.33. The van der Waals surface area contributed by atoms with Gasteiger partial charge in [-0.1, -0.05) is 11.3 Å². The molecule has 3 aromatic heterocycles. The third-order valence-electron chi connectivity index (χ3n) is 6.74. The van der Waals surface area contributed by atoms with E-state index in [1.165, 1.54) is 12.8 Å². The van der Waals surface area contributed by atoms with E-state index < -0.39 is 0 Å². The summed E-state index contributed by atoms with van der Waals surface area (Å²) in [7, 11) is 3.81. The quantitative estimate of drug-likeness (QED) is 0.547. The summed E-state index contributed by atoms with van der Waals surface area (Å²) >= 11 is 0. The Bertz CT molecular complexity index is 1240. The average molecular weight is 416 g/mol. The molecular weight excluding hydrogens is 390 g/mol. The van der Waals surface area contributed by atoms with Crippen molar-refractivity contribution in [2.24, 2.45) is 19.8 Å². The molecule has 2 atom stereocenters. The summed E-state index contributed by atoms with van der Waals surface area (Å²) in [5, 5.41) is 23.1. The van der Waals surface area contributed by atoms with Crippen LogP contribution in [0.5, 0.6) is 0 Å². The molecule has 0 aliphatic carbocycles. The van der Waals surface area contributed by atoms with Crippen molar-refractivity contribution >= 4 is 16.7 Å². The first kappa shape index (κ1) is 18.4. The number of aromatic nitrogens is 7. The van der Waals surface area contributed by atoms with Crippen molar-refractivity contribution in [3.63, 3.8) is 0 Å². The summed E-state index contributed by atoms with van der Waals surface area (Å²) in [5.41, 5.74) is 10.9. The predicted octanol–water partition coefficient (Wildman–Crippen LogP) is 2.28. The summed E-state index contributed by atoms with van der Waals surface area (Å²) < 4.78 is 3.59. The van der Waals surface area contributed by atoms with Gasteiger partial charge in [-0.05, 0) is 43.9 Å². The lowest BCUT2D eigenvalue weighted by atomic mass is 9.98. The van der Waals surface area contributed by atoms with Gasteiger partial charge in [-0.3, -0.25) is 9.36 Å². The minimum atomic E-state index is 0.312. The summed E-state index contributed by atoms with van der Waals surface area (Å²) in [6.45, 7) is 0. The van der Waals surface area contributed by atoms with Crippen LogP contribution < -0.4 is 10.6 Å². The first-order valence-corrected chi connectivity index (χ1v) is 10.8. The largest absolute Gasteiger partial charge is 0.349 e. The van der Waals surface area contributed by atoms with E-state index in [9.17, 15) is 0 Å². The molecule has 2 saturated heterocycles. The number of hydrogen-bond acceptors (Lipinski definition) is 7. The maximum absolute atomic E-state index is 6.23. The summed E-state index contributed by atoms with van der Waals surface area (Å²) in [6.07, 6.45) is 8.26. The van der Waals surface area contributed by atoms with Crippen LogP contribution in [-0.2, 0) is 14.1 Å². The molecule has 2 aliphatic heterocycles. The summed E-state index contributed by atoms with van der Waals surface area (Å²) in [4.78, 5) is 2.44. The molecule has 2 unspecified atom stereocenters. The number of nitrogens with zero attached hydrogens (tertiary/aromatic N) is 8. The van der Waals surface area contributed by atoms with Gasteiger partial charge in [0.25, 0.3) is 0 Å². The van der Waals surface area contributed by atoms with Gasteiger partial charge in [-0.15, -0.1) is 15.3 Å². The third kappa shape index (κ3) is 2.91. The first-order chi connectivity index (χ1) is 15.1. The van der Waals surface area contributed by atoms with Crippen LogP contribution in [0.3, 0.4) is 0 Å². The van der Waals surface area contributed by atoms with Gasteiger partial charge in [-0.25, -0.2) is 0 Å². The van der Waals surface area contributed by atoms with Gasteiger partial charge in [-0.2, -0.15) is 5.10 Å². The van der Waals surface area contributed by atoms with Crippen LogP contribution in [0.15, 0.2) is 36.7 Å². The molecule has 9 nitrogen and oxygen atoms in total. The van der Waals surface area contributed by atoms with E-state index >= 15 is 0 Å². The Morgan fingerprint density at radius 2 is 1.68 bits per heavy atom. The van der Waals surface area contributed by atoms with Crippen molar-refractivity contribution in [3.8, 4) is 22.5 Å². The Kier molecular flexibility index (Phi) is 4.07. The Morgan fingerprint density at radius 3 is 2.35 bits per heavy atom. The molecule has 2 aliphatic rings. The second kappa shape index (κ2) is 6.84.